The molecule has 42 heavy (non-hydrogen) atoms. The number of methoxy groups -OCH3 is 1. The lowest BCUT2D eigenvalue weighted by molar-refractivity contribution is 0.0140. The molecule has 2 unspecified atom stereocenters. The predicted molar refractivity (Wildman–Crippen MR) is 157 cm³/mol. The van der Waals surface area contributed by atoms with Crippen LogP contribution in [0.2, 0.25) is 0 Å². The number of hydrogen-bond donors (Lipinski definition) is 0. The normalized spacial score (nSPS) is 21.7. The highest BCUT2D eigenvalue weighted by Gasteiger charge is 2.43. The van der Waals surface area contributed by atoms with Crippen LogP contribution in [-0.4, -0.2) is 41.4 Å². The Morgan fingerprint density at radius 2 is 1.83 bits per heavy atom. The van der Waals surface area contributed by atoms with E-state index in [1.807, 2.05) is 6.07 Å². The van der Waals surface area contributed by atoms with Gasteiger partial charge < -0.3 is 23.6 Å². The van der Waals surface area contributed by atoms with E-state index in [4.69, 9.17) is 18.7 Å². The minimum atomic E-state index is -0.554. The van der Waals surface area contributed by atoms with Crippen molar-refractivity contribution in [3.05, 3.63) is 69.9 Å². The Kier molecular flexibility index (Phi) is 7.14. The summed E-state index contributed by atoms with van der Waals surface area (Å²) in [5.74, 6) is 1.20. The van der Waals surface area contributed by atoms with Crippen LogP contribution in [-0.2, 0) is 22.7 Å². The van der Waals surface area contributed by atoms with Crippen molar-refractivity contribution in [2.45, 2.75) is 89.7 Å². The summed E-state index contributed by atoms with van der Waals surface area (Å²) in [7, 11) is 1.29. The fourth-order valence-corrected chi connectivity index (χ4v) is 7.72. The number of para-hydroxylation sites is 1. The summed E-state index contributed by atoms with van der Waals surface area (Å²) in [5, 5.41) is 5.21. The van der Waals surface area contributed by atoms with Crippen LogP contribution in [0, 0.1) is 19.7 Å². The maximum Gasteiger partial charge on any atom is 0.338 e. The molecule has 4 heterocycles. The number of halogens is 1. The summed E-state index contributed by atoms with van der Waals surface area (Å²) in [6.45, 7) is 4.90. The van der Waals surface area contributed by atoms with Gasteiger partial charge in [-0.05, 0) is 75.6 Å². The third-order valence-corrected chi connectivity index (χ3v) is 9.86. The molecule has 10 heteroatoms. The highest BCUT2D eigenvalue weighted by molar-refractivity contribution is 7.22. The standard InChI is InChI=1S/C32H34FN3O5S/c1-17-5-4-6-18(2)29(17)40-16-26-24(30(41-35-26)19-7-8-19)15-39-23-13-21-9-10-22(14-23)36(21)32-34-28-25(33)11-20(31(37)38-3)12-27(28)42-32/h4-6,11-12,19,21-23H,7-10,13-16H2,1-3H3. The van der Waals surface area contributed by atoms with Gasteiger partial charge in [0.25, 0.3) is 0 Å². The first-order valence-corrected chi connectivity index (χ1v) is 15.5. The van der Waals surface area contributed by atoms with Gasteiger partial charge in [0.05, 0.1) is 30.1 Å². The molecule has 1 aliphatic carbocycles. The van der Waals surface area contributed by atoms with E-state index in [9.17, 15) is 9.18 Å². The van der Waals surface area contributed by atoms with E-state index in [-0.39, 0.29) is 23.8 Å². The zero-order valence-electron chi connectivity index (χ0n) is 24.0. The van der Waals surface area contributed by atoms with Gasteiger partial charge in [0.1, 0.15) is 29.3 Å². The predicted octanol–water partition coefficient (Wildman–Crippen LogP) is 7.00. The average molecular weight is 592 g/mol. The quantitative estimate of drug-likeness (QED) is 0.192. The Balaban J connectivity index is 1.05. The summed E-state index contributed by atoms with van der Waals surface area (Å²) in [6.07, 6.45) is 6.18. The van der Waals surface area contributed by atoms with Gasteiger partial charge in [-0.25, -0.2) is 14.2 Å². The highest BCUT2D eigenvalue weighted by Crippen LogP contribution is 2.45. The molecule has 2 bridgehead atoms. The van der Waals surface area contributed by atoms with E-state index in [2.05, 4.69) is 41.0 Å². The van der Waals surface area contributed by atoms with Crippen LogP contribution in [0.1, 0.15) is 82.9 Å². The molecule has 0 spiro atoms. The summed E-state index contributed by atoms with van der Waals surface area (Å²) in [6, 6.07) is 9.55. The molecule has 0 amide bonds. The van der Waals surface area contributed by atoms with Crippen molar-refractivity contribution >= 4 is 32.7 Å². The van der Waals surface area contributed by atoms with Crippen LogP contribution in [0.5, 0.6) is 5.75 Å². The van der Waals surface area contributed by atoms with Crippen molar-refractivity contribution in [3.8, 4) is 5.75 Å². The number of anilines is 1. The molecule has 220 valence electrons. The summed E-state index contributed by atoms with van der Waals surface area (Å²) < 4.78 is 38.9. The van der Waals surface area contributed by atoms with Gasteiger partial charge in [0.15, 0.2) is 10.9 Å². The monoisotopic (exact) mass is 591 g/mol. The molecule has 1 saturated carbocycles. The summed E-state index contributed by atoms with van der Waals surface area (Å²) in [5.41, 5.74) is 4.54. The molecule has 2 atom stereocenters. The fourth-order valence-electron chi connectivity index (χ4n) is 6.56. The number of hydrogen-bond acceptors (Lipinski definition) is 9. The van der Waals surface area contributed by atoms with E-state index in [1.165, 1.54) is 24.5 Å². The minimum absolute atomic E-state index is 0.102. The zero-order valence-corrected chi connectivity index (χ0v) is 24.8. The Morgan fingerprint density at radius 3 is 2.52 bits per heavy atom. The molecule has 7 rings (SSSR count). The molecule has 2 aromatic carbocycles. The van der Waals surface area contributed by atoms with Crippen molar-refractivity contribution in [1.82, 2.24) is 10.1 Å². The van der Waals surface area contributed by atoms with Gasteiger partial charge in [0, 0.05) is 23.6 Å². The van der Waals surface area contributed by atoms with Gasteiger partial charge in [-0.3, -0.25) is 0 Å². The van der Waals surface area contributed by atoms with Crippen molar-refractivity contribution < 1.29 is 27.9 Å². The lowest BCUT2D eigenvalue weighted by Gasteiger charge is -2.38. The topological polar surface area (TPSA) is 86.9 Å². The van der Waals surface area contributed by atoms with Gasteiger partial charge >= 0.3 is 5.97 Å². The molecular weight excluding hydrogens is 557 g/mol. The van der Waals surface area contributed by atoms with Crippen molar-refractivity contribution in [1.29, 1.82) is 0 Å². The molecular formula is C32H34FN3O5S. The third-order valence-electron chi connectivity index (χ3n) is 8.84. The third kappa shape index (κ3) is 5.04. The Morgan fingerprint density at radius 1 is 1.10 bits per heavy atom. The van der Waals surface area contributed by atoms with E-state index in [1.54, 1.807) is 6.07 Å². The highest BCUT2D eigenvalue weighted by atomic mass is 32.1. The molecule has 2 saturated heterocycles. The van der Waals surface area contributed by atoms with Crippen LogP contribution in [0.25, 0.3) is 10.2 Å². The summed E-state index contributed by atoms with van der Waals surface area (Å²) >= 11 is 1.43. The number of ether oxygens (including phenoxy) is 3. The van der Waals surface area contributed by atoms with Crippen LogP contribution in [0.3, 0.4) is 0 Å². The van der Waals surface area contributed by atoms with Gasteiger partial charge in [-0.2, -0.15) is 0 Å². The van der Waals surface area contributed by atoms with E-state index < -0.39 is 11.8 Å². The van der Waals surface area contributed by atoms with E-state index in [0.717, 1.165) is 77.6 Å². The van der Waals surface area contributed by atoms with Gasteiger partial charge in [-0.15, -0.1) is 0 Å². The maximum absolute atomic E-state index is 14.8. The zero-order chi connectivity index (χ0) is 29.0. The Hall–Kier alpha value is -3.50. The fraction of sp³-hybridized carbons (Fsp3) is 0.469. The van der Waals surface area contributed by atoms with Gasteiger partial charge in [0.2, 0.25) is 0 Å². The number of esters is 1. The van der Waals surface area contributed by atoms with Crippen LogP contribution >= 0.6 is 11.3 Å². The molecule has 2 aliphatic heterocycles. The molecule has 4 aromatic rings. The number of fused-ring (bicyclic) bond motifs is 3. The minimum Gasteiger partial charge on any atom is -0.487 e. The van der Waals surface area contributed by atoms with E-state index in [0.29, 0.717) is 29.3 Å². The first-order valence-electron chi connectivity index (χ1n) is 14.6. The maximum atomic E-state index is 14.8. The van der Waals surface area contributed by atoms with Crippen LogP contribution in [0.15, 0.2) is 34.9 Å². The van der Waals surface area contributed by atoms with Crippen molar-refractivity contribution in [2.24, 2.45) is 0 Å². The molecule has 0 N–H and O–H groups in total. The number of aryl methyl sites for hydroxylation is 2. The lowest BCUT2D eigenvalue weighted by atomic mass is 10.00. The van der Waals surface area contributed by atoms with Crippen molar-refractivity contribution in [2.75, 3.05) is 12.0 Å². The number of rotatable bonds is 9. The Labute approximate surface area is 247 Å². The smallest absolute Gasteiger partial charge is 0.338 e. The molecule has 2 aromatic heterocycles. The second kappa shape index (κ2) is 11.0. The first kappa shape index (κ1) is 27.3. The molecule has 0 radical (unpaired) electrons. The average Bonchev–Trinajstić information content (AvgIpc) is 3.50. The number of carbonyl (C=O) groups is 1. The van der Waals surface area contributed by atoms with Gasteiger partial charge in [-0.1, -0.05) is 34.7 Å². The number of benzene rings is 2. The first-order chi connectivity index (χ1) is 20.4. The molecule has 8 nitrogen and oxygen atoms in total. The largest absolute Gasteiger partial charge is 0.487 e. The second-order valence-electron chi connectivity index (χ2n) is 11.7. The van der Waals surface area contributed by atoms with E-state index >= 15 is 0 Å². The van der Waals surface area contributed by atoms with Crippen LogP contribution < -0.4 is 9.64 Å². The second-order valence-corrected chi connectivity index (χ2v) is 12.8. The number of carbonyl (C=O) groups excluding carboxylic acids is 1. The number of nitrogens with zero attached hydrogens (tertiary/aromatic N) is 3. The molecule has 3 aliphatic rings. The Bertz CT molecular complexity index is 1610. The summed E-state index contributed by atoms with van der Waals surface area (Å²) in [4.78, 5) is 19.0. The number of thiazole rings is 1. The van der Waals surface area contributed by atoms with Crippen molar-refractivity contribution in [3.63, 3.8) is 0 Å². The van der Waals surface area contributed by atoms with Crippen LogP contribution in [0.4, 0.5) is 9.52 Å². The molecule has 3 fully saturated rings. The lowest BCUT2D eigenvalue weighted by Crippen LogP contribution is -2.45. The number of aromatic nitrogens is 2. The number of piperidine rings is 1. The SMILES string of the molecule is COC(=O)c1cc(F)c2nc(N3C4CCC3CC(OCc3c(COc5c(C)cccc5C)noc3C3CC3)C4)sc2c1.